The number of rotatable bonds is 0. The molecule has 0 amide bonds. The van der Waals surface area contributed by atoms with Crippen molar-refractivity contribution >= 4 is 27.6 Å². The summed E-state index contributed by atoms with van der Waals surface area (Å²) in [4.78, 5) is 0. The van der Waals surface area contributed by atoms with Crippen LogP contribution < -0.4 is 47.8 Å². The number of hydrogen-bond donors (Lipinski definition) is 3. The first-order chi connectivity index (χ1) is 8.23. The van der Waals surface area contributed by atoms with Crippen LogP contribution in [-0.4, -0.2) is 49.3 Å². The molecule has 0 aliphatic carbocycles. The average Bonchev–Trinajstić information content (AvgIpc) is 1.94. The first-order valence-electron chi connectivity index (χ1n) is 3.30. The topological polar surface area (TPSA) is 175 Å². The van der Waals surface area contributed by atoms with E-state index in [2.05, 4.69) is 0 Å². The fourth-order valence-corrected chi connectivity index (χ4v) is 0. The molecule has 0 atom stereocenters. The van der Waals surface area contributed by atoms with Crippen LogP contribution in [0.4, 0.5) is 26.3 Å². The number of alkyl halides is 6. The maximum Gasteiger partial charge on any atom is 1.00 e. The normalized spacial score (nSPS) is 11.4. The van der Waals surface area contributed by atoms with Gasteiger partial charge in [-0.2, -0.15) is 43.2 Å². The third-order valence-electron chi connectivity index (χ3n) is 0.585. The third kappa shape index (κ3) is 22.8. The second-order valence-corrected chi connectivity index (χ2v) is 4.97. The summed E-state index contributed by atoms with van der Waals surface area (Å²) >= 11 is 0. The molecule has 0 aromatic rings. The third-order valence-corrected chi connectivity index (χ3v) is 1.75. The molecule has 0 rings (SSSR count). The van der Waals surface area contributed by atoms with Gasteiger partial charge in [0, 0.05) is 0 Å². The molecule has 0 radical (unpaired) electrons. The summed E-state index contributed by atoms with van der Waals surface area (Å²) in [7, 11) is -14.3. The van der Waals surface area contributed by atoms with Crippen molar-refractivity contribution in [2.45, 2.75) is 11.0 Å². The predicted octanol–water partition coefficient (Wildman–Crippen LogP) is -8.52. The summed E-state index contributed by atoms with van der Waals surface area (Å²) in [5.41, 5.74) is -11.1. The Bertz CT molecular complexity index is 425. The number of halogens is 6. The molecule has 20 heteroatoms. The molecular formula is C2H3BF6Li2O9S2. The van der Waals surface area contributed by atoms with E-state index in [1.807, 2.05) is 0 Å². The molecule has 0 bridgehead atoms. The quantitative estimate of drug-likeness (QED) is 0.161. The second-order valence-electron chi connectivity index (χ2n) is 2.15. The molecule has 0 spiro atoms. The zero-order valence-electron chi connectivity index (χ0n) is 10.5. The van der Waals surface area contributed by atoms with Crippen molar-refractivity contribution in [1.29, 1.82) is 0 Å². The summed E-state index contributed by atoms with van der Waals surface area (Å²) in [6.45, 7) is 0. The molecule has 9 nitrogen and oxygen atoms in total. The van der Waals surface area contributed by atoms with Gasteiger partial charge in [0.05, 0.1) is 7.32 Å². The minimum atomic E-state index is -5.84. The van der Waals surface area contributed by atoms with Gasteiger partial charge in [-0.15, -0.1) is 0 Å². The van der Waals surface area contributed by atoms with E-state index in [4.69, 9.17) is 41.0 Å². The molecule has 0 saturated heterocycles. The van der Waals surface area contributed by atoms with E-state index in [1.165, 1.54) is 0 Å². The van der Waals surface area contributed by atoms with Gasteiger partial charge in [-0.3, -0.25) is 9.11 Å². The smallest absolute Gasteiger partial charge is 0.871 e. The monoisotopic (exact) mass is 374 g/mol. The van der Waals surface area contributed by atoms with Gasteiger partial charge in [0.25, 0.3) is 0 Å². The van der Waals surface area contributed by atoms with Crippen LogP contribution in [0, 0.1) is 0 Å². The van der Waals surface area contributed by atoms with Crippen LogP contribution in [0.2, 0.25) is 0 Å². The fraction of sp³-hybridized carbons (Fsp3) is 1.00. The molecule has 0 aromatic heterocycles. The van der Waals surface area contributed by atoms with Crippen molar-refractivity contribution in [2.24, 2.45) is 0 Å². The SMILES string of the molecule is O=S(=O)(O)C(F)(F)F.O=S(=O)(O)C(F)(F)F.[Li+].[Li+].[O-]B([O-])O. The molecular weight excluding hydrogens is 371 g/mol. The van der Waals surface area contributed by atoms with Gasteiger partial charge in [-0.05, 0) is 0 Å². The van der Waals surface area contributed by atoms with Gasteiger partial charge in [-0.25, -0.2) is 0 Å². The Hall–Kier alpha value is 0.540. The van der Waals surface area contributed by atoms with E-state index in [1.54, 1.807) is 0 Å². The summed E-state index contributed by atoms with van der Waals surface area (Å²) in [5.74, 6) is 0. The van der Waals surface area contributed by atoms with Gasteiger partial charge >= 0.3 is 69.0 Å². The van der Waals surface area contributed by atoms with Crippen molar-refractivity contribution in [3.05, 3.63) is 0 Å². The van der Waals surface area contributed by atoms with Crippen LogP contribution in [0.5, 0.6) is 0 Å². The molecule has 0 aliphatic rings. The van der Waals surface area contributed by atoms with E-state index in [0.717, 1.165) is 0 Å². The summed E-state index contributed by atoms with van der Waals surface area (Å²) in [6.07, 6.45) is 0. The maximum absolute atomic E-state index is 10.7. The molecule has 22 heavy (non-hydrogen) atoms. The van der Waals surface area contributed by atoms with Crippen molar-refractivity contribution in [2.75, 3.05) is 0 Å². The van der Waals surface area contributed by atoms with E-state index in [9.17, 15) is 26.3 Å². The Morgan fingerprint density at radius 3 is 0.773 bits per heavy atom. The molecule has 124 valence electrons. The van der Waals surface area contributed by atoms with Gasteiger partial charge in [-0.1, -0.05) is 0 Å². The first kappa shape index (κ1) is 34.0. The van der Waals surface area contributed by atoms with Crippen LogP contribution >= 0.6 is 0 Å². The van der Waals surface area contributed by atoms with E-state index in [-0.39, 0.29) is 37.7 Å². The average molecular weight is 374 g/mol. The Kier molecular flexibility index (Phi) is 18.5. The largest absolute Gasteiger partial charge is 1.00 e. The Balaban J connectivity index is -0.0000000661. The van der Waals surface area contributed by atoms with Crippen molar-refractivity contribution in [3.63, 3.8) is 0 Å². The van der Waals surface area contributed by atoms with Crippen molar-refractivity contribution in [1.82, 2.24) is 0 Å². The Labute approximate surface area is 143 Å². The number of hydrogen-bond acceptors (Lipinski definition) is 7. The van der Waals surface area contributed by atoms with Crippen molar-refractivity contribution < 1.29 is 105 Å². The minimum absolute atomic E-state index is 0. The predicted molar refractivity (Wildman–Crippen MR) is 43.2 cm³/mol. The Morgan fingerprint density at radius 1 is 0.727 bits per heavy atom. The van der Waals surface area contributed by atoms with Crippen LogP contribution in [0.25, 0.3) is 0 Å². The molecule has 0 unspecified atom stereocenters. The van der Waals surface area contributed by atoms with Gasteiger partial charge < -0.3 is 15.1 Å². The van der Waals surface area contributed by atoms with Crippen LogP contribution in [0.1, 0.15) is 0 Å². The van der Waals surface area contributed by atoms with Crippen LogP contribution in [0.3, 0.4) is 0 Å². The van der Waals surface area contributed by atoms with Crippen molar-refractivity contribution in [3.8, 4) is 0 Å². The Morgan fingerprint density at radius 2 is 0.773 bits per heavy atom. The second kappa shape index (κ2) is 12.0. The zero-order valence-corrected chi connectivity index (χ0v) is 12.1. The van der Waals surface area contributed by atoms with Gasteiger partial charge in [0.2, 0.25) is 0 Å². The standard InChI is InChI=1S/2CHF3O3S.BHO3.2Li/c2*2-1(3,4)8(5,6)7;2-1(3)4;;/h2*(H,5,6,7);2H;;/q;;-2;2*+1. The molecule has 0 heterocycles. The molecule has 0 aromatic carbocycles. The summed E-state index contributed by atoms with van der Waals surface area (Å²) in [6, 6.07) is 0. The van der Waals surface area contributed by atoms with Gasteiger partial charge in [0.1, 0.15) is 0 Å². The van der Waals surface area contributed by atoms with Crippen LogP contribution in [0.15, 0.2) is 0 Å². The van der Waals surface area contributed by atoms with E-state index in [0.29, 0.717) is 0 Å². The van der Waals surface area contributed by atoms with E-state index < -0.39 is 38.6 Å². The van der Waals surface area contributed by atoms with Gasteiger partial charge in [0.15, 0.2) is 0 Å². The molecule has 0 aliphatic heterocycles. The fourth-order valence-electron chi connectivity index (χ4n) is 0. The van der Waals surface area contributed by atoms with E-state index >= 15 is 0 Å². The van der Waals surface area contributed by atoms with Crippen LogP contribution in [-0.2, 0) is 20.2 Å². The zero-order chi connectivity index (χ0) is 17.6. The summed E-state index contributed by atoms with van der Waals surface area (Å²) < 4.78 is 115. The maximum atomic E-state index is 10.7. The minimum Gasteiger partial charge on any atom is -0.871 e. The molecule has 3 N–H and O–H groups in total. The summed E-state index contributed by atoms with van der Waals surface area (Å²) in [5, 5.41) is 24.0. The first-order valence-corrected chi connectivity index (χ1v) is 6.18. The molecule has 0 fully saturated rings. The molecule has 0 saturated carbocycles.